The van der Waals surface area contributed by atoms with Crippen LogP contribution in [-0.2, 0) is 14.6 Å². The Morgan fingerprint density at radius 1 is 1.15 bits per heavy atom. The fraction of sp³-hybridized carbons (Fsp3) is 0.611. The van der Waals surface area contributed by atoms with Gasteiger partial charge in [-0.1, -0.05) is 0 Å². The molecule has 0 spiro atoms. The lowest BCUT2D eigenvalue weighted by Crippen LogP contribution is -2.47. The number of rotatable bonds is 5. The minimum Gasteiger partial charge on any atom is -0.490 e. The highest BCUT2D eigenvalue weighted by Gasteiger charge is 2.27. The number of piperidine rings is 1. The molecule has 1 unspecified atom stereocenters. The number of hydrogen-bond acceptors (Lipinski definition) is 6. The van der Waals surface area contributed by atoms with E-state index < -0.39 is 9.84 Å². The summed E-state index contributed by atoms with van der Waals surface area (Å²) in [4.78, 5) is 14.4. The Morgan fingerprint density at radius 3 is 2.63 bits per heavy atom. The first-order valence-electron chi connectivity index (χ1n) is 9.13. The molecule has 0 saturated carbocycles. The molecule has 2 N–H and O–H groups in total. The van der Waals surface area contributed by atoms with Gasteiger partial charge in [-0.15, -0.1) is 12.4 Å². The number of fused-ring (bicyclic) bond motifs is 1. The molecule has 2 aliphatic heterocycles. The largest absolute Gasteiger partial charge is 0.490 e. The fourth-order valence-corrected chi connectivity index (χ4v) is 4.64. The van der Waals surface area contributed by atoms with E-state index in [2.05, 4.69) is 0 Å². The van der Waals surface area contributed by atoms with Crippen LogP contribution in [0.5, 0.6) is 11.5 Å². The van der Waals surface area contributed by atoms with Gasteiger partial charge in [0.15, 0.2) is 21.3 Å². The summed E-state index contributed by atoms with van der Waals surface area (Å²) in [5.74, 6) is 0.628. The highest BCUT2D eigenvalue weighted by atomic mass is 35.5. The Hall–Kier alpha value is -1.51. The molecule has 2 aliphatic rings. The van der Waals surface area contributed by atoms with Crippen molar-refractivity contribution in [2.75, 3.05) is 32.1 Å². The number of benzene rings is 1. The lowest BCUT2D eigenvalue weighted by atomic mass is 10.0. The molecule has 9 heteroatoms. The van der Waals surface area contributed by atoms with E-state index in [4.69, 9.17) is 15.2 Å². The van der Waals surface area contributed by atoms with Crippen molar-refractivity contribution in [2.45, 2.75) is 43.0 Å². The molecule has 152 valence electrons. The summed E-state index contributed by atoms with van der Waals surface area (Å²) in [5.41, 5.74) is 5.74. The van der Waals surface area contributed by atoms with E-state index in [-0.39, 0.29) is 41.4 Å². The average Bonchev–Trinajstić information content (AvgIpc) is 2.91. The molecule has 7 nitrogen and oxygen atoms in total. The van der Waals surface area contributed by atoms with Crippen LogP contribution in [0.1, 0.15) is 32.1 Å². The SMILES string of the molecule is Cl.NCC1CCCCN1C(=O)CCS(=O)(=O)c1ccc2c(c1)OCCCO2. The van der Waals surface area contributed by atoms with Gasteiger partial charge in [0.2, 0.25) is 5.91 Å². The van der Waals surface area contributed by atoms with Crippen molar-refractivity contribution < 1.29 is 22.7 Å². The van der Waals surface area contributed by atoms with Gasteiger partial charge in [-0.05, 0) is 31.4 Å². The predicted octanol–water partition coefficient (Wildman–Crippen LogP) is 1.77. The zero-order valence-electron chi connectivity index (χ0n) is 15.3. The Bertz CT molecular complexity index is 756. The van der Waals surface area contributed by atoms with Crippen LogP contribution in [0.2, 0.25) is 0 Å². The van der Waals surface area contributed by atoms with E-state index in [0.29, 0.717) is 37.8 Å². The first kappa shape index (κ1) is 21.8. The second kappa shape index (κ2) is 9.61. The molecule has 1 atom stereocenters. The lowest BCUT2D eigenvalue weighted by Gasteiger charge is -2.35. The van der Waals surface area contributed by atoms with Crippen molar-refractivity contribution in [1.29, 1.82) is 0 Å². The van der Waals surface area contributed by atoms with Crippen LogP contribution in [-0.4, -0.2) is 57.3 Å². The Morgan fingerprint density at radius 2 is 1.89 bits per heavy atom. The molecule has 27 heavy (non-hydrogen) atoms. The number of amides is 1. The van der Waals surface area contributed by atoms with Crippen LogP contribution in [0.25, 0.3) is 0 Å². The van der Waals surface area contributed by atoms with Gasteiger partial charge in [-0.3, -0.25) is 4.79 Å². The second-order valence-electron chi connectivity index (χ2n) is 6.70. The standard InChI is InChI=1S/C18H26N2O5S.ClH/c19-13-14-4-1-2-8-20(14)18(21)7-11-26(22,23)15-5-6-16-17(12-15)25-10-3-9-24-16;/h5-6,12,14H,1-4,7-11,13,19H2;1H. The highest BCUT2D eigenvalue weighted by Crippen LogP contribution is 2.32. The molecule has 2 heterocycles. The number of sulfone groups is 1. The molecular weight excluding hydrogens is 392 g/mol. The van der Waals surface area contributed by atoms with E-state index in [1.165, 1.54) is 12.1 Å². The lowest BCUT2D eigenvalue weighted by molar-refractivity contribution is -0.134. The normalized spacial score (nSPS) is 19.7. The van der Waals surface area contributed by atoms with Gasteiger partial charge in [0.1, 0.15) is 0 Å². The van der Waals surface area contributed by atoms with Crippen LogP contribution in [0.3, 0.4) is 0 Å². The van der Waals surface area contributed by atoms with E-state index in [0.717, 1.165) is 25.7 Å². The maximum absolute atomic E-state index is 12.7. The van der Waals surface area contributed by atoms with E-state index in [9.17, 15) is 13.2 Å². The Kier molecular flexibility index (Phi) is 7.76. The van der Waals surface area contributed by atoms with Gasteiger partial charge < -0.3 is 20.1 Å². The number of ether oxygens (including phenoxy) is 2. The van der Waals surface area contributed by atoms with Crippen LogP contribution in [0, 0.1) is 0 Å². The number of carbonyl (C=O) groups excluding carboxylic acids is 1. The number of carbonyl (C=O) groups is 1. The number of likely N-dealkylation sites (tertiary alicyclic amines) is 1. The van der Waals surface area contributed by atoms with Crippen molar-refractivity contribution in [1.82, 2.24) is 4.90 Å². The summed E-state index contributed by atoms with van der Waals surface area (Å²) in [6.45, 7) is 2.11. The van der Waals surface area contributed by atoms with Gasteiger partial charge >= 0.3 is 0 Å². The Balaban J connectivity index is 0.00000261. The maximum Gasteiger partial charge on any atom is 0.223 e. The molecule has 0 aliphatic carbocycles. The fourth-order valence-electron chi connectivity index (χ4n) is 3.39. The molecule has 0 radical (unpaired) electrons. The van der Waals surface area contributed by atoms with Crippen LogP contribution >= 0.6 is 12.4 Å². The number of nitrogens with two attached hydrogens (primary N) is 1. The Labute approximate surface area is 166 Å². The van der Waals surface area contributed by atoms with Crippen molar-refractivity contribution in [3.8, 4) is 11.5 Å². The summed E-state index contributed by atoms with van der Waals surface area (Å²) in [5, 5.41) is 0. The maximum atomic E-state index is 12.7. The van der Waals surface area contributed by atoms with Crippen molar-refractivity contribution >= 4 is 28.2 Å². The zero-order valence-corrected chi connectivity index (χ0v) is 16.9. The molecule has 1 aromatic rings. The predicted molar refractivity (Wildman–Crippen MR) is 104 cm³/mol. The minimum absolute atomic E-state index is 0. The summed E-state index contributed by atoms with van der Waals surface area (Å²) in [7, 11) is -3.58. The van der Waals surface area contributed by atoms with Crippen LogP contribution in [0.4, 0.5) is 0 Å². The van der Waals surface area contributed by atoms with E-state index >= 15 is 0 Å². The number of nitrogens with zero attached hydrogens (tertiary/aromatic N) is 1. The quantitative estimate of drug-likeness (QED) is 0.782. The second-order valence-corrected chi connectivity index (χ2v) is 8.81. The van der Waals surface area contributed by atoms with Crippen LogP contribution in [0.15, 0.2) is 23.1 Å². The summed E-state index contributed by atoms with van der Waals surface area (Å²) in [6, 6.07) is 4.64. The third kappa shape index (κ3) is 5.27. The third-order valence-corrected chi connectivity index (χ3v) is 6.60. The molecule has 0 bridgehead atoms. The third-order valence-electron chi connectivity index (χ3n) is 4.88. The first-order chi connectivity index (χ1) is 12.5. The number of hydrogen-bond donors (Lipinski definition) is 1. The molecule has 1 saturated heterocycles. The van der Waals surface area contributed by atoms with E-state index in [1.54, 1.807) is 11.0 Å². The smallest absolute Gasteiger partial charge is 0.223 e. The van der Waals surface area contributed by atoms with Gasteiger partial charge in [0.05, 0.1) is 23.9 Å². The van der Waals surface area contributed by atoms with Gasteiger partial charge in [0, 0.05) is 38.0 Å². The summed E-state index contributed by atoms with van der Waals surface area (Å²) < 4.78 is 36.4. The monoisotopic (exact) mass is 418 g/mol. The number of halogens is 1. The molecule has 1 amide bonds. The average molecular weight is 419 g/mol. The van der Waals surface area contributed by atoms with Crippen LogP contribution < -0.4 is 15.2 Å². The zero-order chi connectivity index (χ0) is 18.6. The van der Waals surface area contributed by atoms with Gasteiger partial charge in [-0.25, -0.2) is 8.42 Å². The topological polar surface area (TPSA) is 98.9 Å². The molecule has 1 aromatic carbocycles. The van der Waals surface area contributed by atoms with Gasteiger partial charge in [-0.2, -0.15) is 0 Å². The summed E-state index contributed by atoms with van der Waals surface area (Å²) in [6.07, 6.45) is 3.60. The minimum atomic E-state index is -3.58. The van der Waals surface area contributed by atoms with E-state index in [1.807, 2.05) is 0 Å². The molecule has 3 rings (SSSR count). The molecule has 1 fully saturated rings. The summed E-state index contributed by atoms with van der Waals surface area (Å²) >= 11 is 0. The highest BCUT2D eigenvalue weighted by molar-refractivity contribution is 7.91. The molecule has 0 aromatic heterocycles. The van der Waals surface area contributed by atoms with Gasteiger partial charge in [0.25, 0.3) is 0 Å². The van der Waals surface area contributed by atoms with Crippen molar-refractivity contribution in [2.24, 2.45) is 5.73 Å². The van der Waals surface area contributed by atoms with Crippen molar-refractivity contribution in [3.05, 3.63) is 18.2 Å². The van der Waals surface area contributed by atoms with Crippen molar-refractivity contribution in [3.63, 3.8) is 0 Å². The first-order valence-corrected chi connectivity index (χ1v) is 10.8. The molecular formula is C18H27ClN2O5S.